The predicted molar refractivity (Wildman–Crippen MR) is 157 cm³/mol. The number of aryl methyl sites for hydroxylation is 1. The van der Waals surface area contributed by atoms with Gasteiger partial charge in [-0.15, -0.1) is 0 Å². The molecule has 1 unspecified atom stereocenters. The summed E-state index contributed by atoms with van der Waals surface area (Å²) in [6.07, 6.45) is 3.79. The quantitative estimate of drug-likeness (QED) is 0.161. The van der Waals surface area contributed by atoms with E-state index >= 15 is 0 Å². The van der Waals surface area contributed by atoms with E-state index in [-0.39, 0.29) is 11.3 Å². The van der Waals surface area contributed by atoms with E-state index in [1.54, 1.807) is 43.4 Å². The van der Waals surface area contributed by atoms with Gasteiger partial charge in [0.25, 0.3) is 11.7 Å². The zero-order valence-corrected chi connectivity index (χ0v) is 24.6. The number of aliphatic hydroxyl groups is 1. The number of rotatable bonds is 13. The Morgan fingerprint density at radius 1 is 0.976 bits per heavy atom. The number of Topliss-reactive ketones (excluding diaryl/α,β-unsaturated/α-hetero) is 1. The molecular formula is C32H42N2O7. The van der Waals surface area contributed by atoms with Crippen molar-refractivity contribution in [3.8, 4) is 17.2 Å². The minimum absolute atomic E-state index is 0.0632. The Balaban J connectivity index is 1.70. The van der Waals surface area contributed by atoms with Gasteiger partial charge in [-0.2, -0.15) is 0 Å². The van der Waals surface area contributed by atoms with Crippen LogP contribution in [-0.2, 0) is 14.3 Å². The first-order valence-electron chi connectivity index (χ1n) is 14.4. The van der Waals surface area contributed by atoms with Crippen LogP contribution in [-0.4, -0.2) is 86.8 Å². The summed E-state index contributed by atoms with van der Waals surface area (Å²) in [6, 6.07) is 9.91. The molecule has 2 saturated heterocycles. The number of hydrogen-bond acceptors (Lipinski definition) is 8. The molecule has 222 valence electrons. The van der Waals surface area contributed by atoms with E-state index in [0.717, 1.165) is 44.5 Å². The number of benzene rings is 2. The molecule has 9 nitrogen and oxygen atoms in total. The van der Waals surface area contributed by atoms with Crippen molar-refractivity contribution in [2.24, 2.45) is 0 Å². The van der Waals surface area contributed by atoms with Crippen LogP contribution in [0.25, 0.3) is 5.76 Å². The van der Waals surface area contributed by atoms with Crippen LogP contribution in [0.1, 0.15) is 55.3 Å². The van der Waals surface area contributed by atoms with E-state index in [4.69, 9.17) is 18.9 Å². The van der Waals surface area contributed by atoms with Crippen molar-refractivity contribution in [3.05, 3.63) is 58.7 Å². The molecule has 1 atom stereocenters. The molecule has 4 rings (SSSR count). The zero-order chi connectivity index (χ0) is 29.4. The Morgan fingerprint density at radius 3 is 2.44 bits per heavy atom. The number of carbonyl (C=O) groups is 2. The van der Waals surface area contributed by atoms with Crippen LogP contribution in [0.3, 0.4) is 0 Å². The fourth-order valence-electron chi connectivity index (χ4n) is 5.43. The highest BCUT2D eigenvalue weighted by atomic mass is 16.5. The monoisotopic (exact) mass is 566 g/mol. The third-order valence-electron chi connectivity index (χ3n) is 7.71. The van der Waals surface area contributed by atoms with Crippen LogP contribution in [0.2, 0.25) is 0 Å². The van der Waals surface area contributed by atoms with E-state index < -0.39 is 17.7 Å². The van der Waals surface area contributed by atoms with Gasteiger partial charge in [0.1, 0.15) is 11.5 Å². The summed E-state index contributed by atoms with van der Waals surface area (Å²) in [5.74, 6) is 0.221. The minimum Gasteiger partial charge on any atom is -0.507 e. The fraction of sp³-hybridized carbons (Fsp3) is 0.500. The number of amides is 1. The first-order chi connectivity index (χ1) is 19.9. The highest BCUT2D eigenvalue weighted by molar-refractivity contribution is 6.46. The molecule has 2 aliphatic rings. The first-order valence-corrected chi connectivity index (χ1v) is 14.4. The van der Waals surface area contributed by atoms with Gasteiger partial charge in [0.15, 0.2) is 11.5 Å². The maximum Gasteiger partial charge on any atom is 0.295 e. The molecule has 0 aliphatic carbocycles. The number of likely N-dealkylation sites (tertiary alicyclic amines) is 1. The highest BCUT2D eigenvalue weighted by Crippen LogP contribution is 2.42. The molecule has 0 saturated carbocycles. The lowest BCUT2D eigenvalue weighted by atomic mass is 9.93. The lowest BCUT2D eigenvalue weighted by Crippen LogP contribution is -2.39. The van der Waals surface area contributed by atoms with Crippen LogP contribution >= 0.6 is 0 Å². The molecule has 0 radical (unpaired) electrons. The van der Waals surface area contributed by atoms with Crippen molar-refractivity contribution >= 4 is 17.4 Å². The average molecular weight is 567 g/mol. The van der Waals surface area contributed by atoms with Gasteiger partial charge in [-0.3, -0.25) is 14.5 Å². The number of unbranched alkanes of at least 4 members (excludes halogenated alkanes) is 2. The Labute approximate surface area is 242 Å². The first kappa shape index (κ1) is 30.4. The number of nitrogens with zero attached hydrogens (tertiary/aromatic N) is 2. The van der Waals surface area contributed by atoms with Gasteiger partial charge < -0.3 is 29.0 Å². The van der Waals surface area contributed by atoms with Crippen molar-refractivity contribution in [1.82, 2.24) is 9.80 Å². The van der Waals surface area contributed by atoms with Gasteiger partial charge in [-0.1, -0.05) is 25.8 Å². The van der Waals surface area contributed by atoms with E-state index in [1.165, 1.54) is 0 Å². The molecule has 2 aromatic rings. The Hall–Kier alpha value is -3.56. The number of ether oxygens (including phenoxy) is 4. The number of aliphatic hydroxyl groups excluding tert-OH is 1. The van der Waals surface area contributed by atoms with Gasteiger partial charge in [0.05, 0.1) is 45.7 Å². The number of carbonyl (C=O) groups excluding carboxylic acids is 2. The molecule has 2 aromatic carbocycles. The molecule has 9 heteroatoms. The molecule has 1 N–H and O–H groups in total. The van der Waals surface area contributed by atoms with Crippen molar-refractivity contribution in [3.63, 3.8) is 0 Å². The topological polar surface area (TPSA) is 97.8 Å². The maximum atomic E-state index is 13.5. The molecular weight excluding hydrogens is 524 g/mol. The zero-order valence-electron chi connectivity index (χ0n) is 24.6. The molecule has 0 spiro atoms. The average Bonchev–Trinajstić information content (AvgIpc) is 3.24. The fourth-order valence-corrected chi connectivity index (χ4v) is 5.43. The number of ketones is 1. The van der Waals surface area contributed by atoms with Gasteiger partial charge in [0.2, 0.25) is 0 Å². The van der Waals surface area contributed by atoms with Crippen molar-refractivity contribution in [1.29, 1.82) is 0 Å². The van der Waals surface area contributed by atoms with Gasteiger partial charge in [-0.25, -0.2) is 0 Å². The molecule has 0 bridgehead atoms. The van der Waals surface area contributed by atoms with E-state index in [2.05, 4.69) is 11.8 Å². The number of methoxy groups -OCH3 is 2. The maximum absolute atomic E-state index is 13.5. The normalized spacial score (nSPS) is 19.0. The summed E-state index contributed by atoms with van der Waals surface area (Å²) in [4.78, 5) is 30.8. The van der Waals surface area contributed by atoms with E-state index in [0.29, 0.717) is 61.2 Å². The lowest BCUT2D eigenvalue weighted by Gasteiger charge is -2.29. The summed E-state index contributed by atoms with van der Waals surface area (Å²) in [5, 5.41) is 11.5. The molecule has 41 heavy (non-hydrogen) atoms. The van der Waals surface area contributed by atoms with Gasteiger partial charge in [0, 0.05) is 31.7 Å². The molecule has 2 heterocycles. The second-order valence-electron chi connectivity index (χ2n) is 10.4. The third-order valence-corrected chi connectivity index (χ3v) is 7.71. The van der Waals surface area contributed by atoms with Gasteiger partial charge >= 0.3 is 0 Å². The molecule has 2 fully saturated rings. The van der Waals surface area contributed by atoms with Crippen molar-refractivity contribution in [2.45, 2.75) is 45.6 Å². The summed E-state index contributed by atoms with van der Waals surface area (Å²) in [5.41, 5.74) is 1.94. The minimum atomic E-state index is -0.774. The summed E-state index contributed by atoms with van der Waals surface area (Å²) in [7, 11) is 3.14. The largest absolute Gasteiger partial charge is 0.507 e. The number of morpholine rings is 1. The highest BCUT2D eigenvalue weighted by Gasteiger charge is 2.46. The number of hydrogen-bond donors (Lipinski definition) is 1. The molecule has 2 aliphatic heterocycles. The Kier molecular flexibility index (Phi) is 10.7. The lowest BCUT2D eigenvalue weighted by molar-refractivity contribution is -0.140. The Bertz CT molecular complexity index is 1250. The SMILES string of the molecule is CCCCCOc1ccc(C2C(=C(O)c3ccc(OC)cc3C)C(=O)C(=O)N2CCCN2CCOCC2)cc1OC. The molecule has 1 amide bonds. The second-order valence-corrected chi connectivity index (χ2v) is 10.4. The Morgan fingerprint density at radius 2 is 1.76 bits per heavy atom. The van der Waals surface area contributed by atoms with Crippen LogP contribution in [0.5, 0.6) is 17.2 Å². The van der Waals surface area contributed by atoms with Crippen molar-refractivity contribution in [2.75, 3.05) is 60.2 Å². The van der Waals surface area contributed by atoms with Crippen molar-refractivity contribution < 1.29 is 33.6 Å². The third kappa shape index (κ3) is 7.02. The second kappa shape index (κ2) is 14.4. The van der Waals surface area contributed by atoms with E-state index in [9.17, 15) is 14.7 Å². The van der Waals surface area contributed by atoms with E-state index in [1.807, 2.05) is 19.1 Å². The van der Waals surface area contributed by atoms with Crippen LogP contribution in [0.15, 0.2) is 42.0 Å². The van der Waals surface area contributed by atoms with Crippen LogP contribution in [0.4, 0.5) is 0 Å². The van der Waals surface area contributed by atoms with Crippen LogP contribution in [0, 0.1) is 6.92 Å². The van der Waals surface area contributed by atoms with Crippen LogP contribution < -0.4 is 14.2 Å². The predicted octanol–water partition coefficient (Wildman–Crippen LogP) is 4.73. The molecule has 0 aromatic heterocycles. The summed E-state index contributed by atoms with van der Waals surface area (Å²) >= 11 is 0. The smallest absolute Gasteiger partial charge is 0.295 e. The summed E-state index contributed by atoms with van der Waals surface area (Å²) < 4.78 is 22.4. The standard InChI is InChI=1S/C32H42N2O7/c1-5-6-7-17-41-26-12-9-23(21-27(26)39-4)29-28(30(35)25-11-10-24(38-3)20-22(25)2)31(36)32(37)34(29)14-8-13-33-15-18-40-19-16-33/h9-12,20-21,29,35H,5-8,13-19H2,1-4H3. The van der Waals surface area contributed by atoms with Gasteiger partial charge in [-0.05, 0) is 61.2 Å². The summed E-state index contributed by atoms with van der Waals surface area (Å²) in [6.45, 7) is 8.76.